The standard InChI is InChI=1S/C17H33N/c1-13(2)15-8-10-16(11-9-15)17(18)12-7-14-5-3-4-6-14/h13-17H,3-12,18H2,1-2H3. The molecule has 1 unspecified atom stereocenters. The summed E-state index contributed by atoms with van der Waals surface area (Å²) in [5.74, 6) is 3.70. The monoisotopic (exact) mass is 251 g/mol. The maximum Gasteiger partial charge on any atom is 0.00672 e. The molecule has 1 atom stereocenters. The third-order valence-corrected chi connectivity index (χ3v) is 5.75. The first kappa shape index (κ1) is 14.4. The molecular formula is C17H33N. The Morgan fingerprint density at radius 2 is 1.44 bits per heavy atom. The van der Waals surface area contributed by atoms with Crippen molar-refractivity contribution in [3.8, 4) is 0 Å². The Labute approximate surface area is 114 Å². The maximum atomic E-state index is 6.45. The Morgan fingerprint density at radius 3 is 2.00 bits per heavy atom. The molecule has 106 valence electrons. The van der Waals surface area contributed by atoms with Crippen LogP contribution < -0.4 is 5.73 Å². The van der Waals surface area contributed by atoms with E-state index in [4.69, 9.17) is 5.73 Å². The van der Waals surface area contributed by atoms with Crippen molar-refractivity contribution in [1.29, 1.82) is 0 Å². The molecule has 0 aliphatic heterocycles. The second-order valence-corrected chi connectivity index (χ2v) is 7.31. The lowest BCUT2D eigenvalue weighted by molar-refractivity contribution is 0.195. The molecule has 2 N–H and O–H groups in total. The summed E-state index contributed by atoms with van der Waals surface area (Å²) in [5, 5.41) is 0. The van der Waals surface area contributed by atoms with E-state index in [1.54, 1.807) is 0 Å². The zero-order valence-corrected chi connectivity index (χ0v) is 12.5. The van der Waals surface area contributed by atoms with Crippen molar-refractivity contribution in [1.82, 2.24) is 0 Å². The van der Waals surface area contributed by atoms with Crippen molar-refractivity contribution in [2.24, 2.45) is 29.4 Å². The summed E-state index contributed by atoms with van der Waals surface area (Å²) in [6.45, 7) is 4.76. The normalized spacial score (nSPS) is 32.0. The van der Waals surface area contributed by atoms with Gasteiger partial charge >= 0.3 is 0 Å². The van der Waals surface area contributed by atoms with E-state index in [-0.39, 0.29) is 0 Å². The van der Waals surface area contributed by atoms with E-state index >= 15 is 0 Å². The van der Waals surface area contributed by atoms with Crippen LogP contribution in [0, 0.1) is 23.7 Å². The highest BCUT2D eigenvalue weighted by atomic mass is 14.7. The van der Waals surface area contributed by atoms with Crippen LogP contribution in [-0.4, -0.2) is 6.04 Å². The van der Waals surface area contributed by atoms with Crippen LogP contribution in [0.4, 0.5) is 0 Å². The smallest absolute Gasteiger partial charge is 0.00672 e. The minimum atomic E-state index is 0.499. The van der Waals surface area contributed by atoms with E-state index in [1.807, 2.05) is 0 Å². The van der Waals surface area contributed by atoms with Crippen molar-refractivity contribution in [3.05, 3.63) is 0 Å². The fourth-order valence-corrected chi connectivity index (χ4v) is 4.20. The van der Waals surface area contributed by atoms with Gasteiger partial charge in [0.25, 0.3) is 0 Å². The van der Waals surface area contributed by atoms with Gasteiger partial charge in [-0.25, -0.2) is 0 Å². The second-order valence-electron chi connectivity index (χ2n) is 7.31. The SMILES string of the molecule is CC(C)C1CCC(C(N)CCC2CCCC2)CC1. The van der Waals surface area contributed by atoms with Gasteiger partial charge in [0.15, 0.2) is 0 Å². The summed E-state index contributed by atoms with van der Waals surface area (Å²) >= 11 is 0. The van der Waals surface area contributed by atoms with Gasteiger partial charge in [0, 0.05) is 6.04 Å². The van der Waals surface area contributed by atoms with Gasteiger partial charge in [-0.3, -0.25) is 0 Å². The third kappa shape index (κ3) is 3.98. The van der Waals surface area contributed by atoms with Crippen molar-refractivity contribution >= 4 is 0 Å². The van der Waals surface area contributed by atoms with Crippen LogP contribution in [0.3, 0.4) is 0 Å². The molecule has 0 heterocycles. The molecule has 2 aliphatic rings. The van der Waals surface area contributed by atoms with Gasteiger partial charge in [-0.2, -0.15) is 0 Å². The first-order valence-electron chi connectivity index (χ1n) is 8.42. The van der Waals surface area contributed by atoms with Crippen molar-refractivity contribution < 1.29 is 0 Å². The Hall–Kier alpha value is -0.0400. The predicted molar refractivity (Wildman–Crippen MR) is 79.5 cm³/mol. The van der Waals surface area contributed by atoms with Crippen LogP contribution in [0.2, 0.25) is 0 Å². The van der Waals surface area contributed by atoms with E-state index in [0.717, 1.165) is 23.7 Å². The van der Waals surface area contributed by atoms with E-state index in [1.165, 1.54) is 64.2 Å². The quantitative estimate of drug-likeness (QED) is 0.750. The zero-order valence-electron chi connectivity index (χ0n) is 12.5. The molecule has 0 spiro atoms. The van der Waals surface area contributed by atoms with Crippen LogP contribution in [0.1, 0.15) is 78.1 Å². The fourth-order valence-electron chi connectivity index (χ4n) is 4.20. The summed E-state index contributed by atoms with van der Waals surface area (Å²) in [7, 11) is 0. The van der Waals surface area contributed by atoms with Crippen LogP contribution >= 0.6 is 0 Å². The molecule has 0 bridgehead atoms. The van der Waals surface area contributed by atoms with E-state index in [0.29, 0.717) is 6.04 Å². The van der Waals surface area contributed by atoms with Gasteiger partial charge in [-0.05, 0) is 62.2 Å². The molecule has 2 rings (SSSR count). The molecule has 0 saturated heterocycles. The first-order valence-corrected chi connectivity index (χ1v) is 8.42. The van der Waals surface area contributed by atoms with E-state index < -0.39 is 0 Å². The highest BCUT2D eigenvalue weighted by Gasteiger charge is 2.27. The fraction of sp³-hybridized carbons (Fsp3) is 1.00. The van der Waals surface area contributed by atoms with Crippen LogP contribution in [0.25, 0.3) is 0 Å². The lowest BCUT2D eigenvalue weighted by Crippen LogP contribution is -2.34. The largest absolute Gasteiger partial charge is 0.327 e. The topological polar surface area (TPSA) is 26.0 Å². The third-order valence-electron chi connectivity index (χ3n) is 5.75. The summed E-state index contributed by atoms with van der Waals surface area (Å²) < 4.78 is 0. The Balaban J connectivity index is 1.65. The zero-order chi connectivity index (χ0) is 13.0. The summed E-state index contributed by atoms with van der Waals surface area (Å²) in [6.07, 6.45) is 14.3. The highest BCUT2D eigenvalue weighted by Crippen LogP contribution is 2.36. The lowest BCUT2D eigenvalue weighted by atomic mass is 9.74. The Morgan fingerprint density at radius 1 is 0.889 bits per heavy atom. The molecule has 0 aromatic heterocycles. The van der Waals surface area contributed by atoms with Crippen LogP contribution in [0.15, 0.2) is 0 Å². The van der Waals surface area contributed by atoms with Gasteiger partial charge in [-0.15, -0.1) is 0 Å². The summed E-state index contributed by atoms with van der Waals surface area (Å²) in [5.41, 5.74) is 6.45. The van der Waals surface area contributed by atoms with Crippen LogP contribution in [0.5, 0.6) is 0 Å². The minimum Gasteiger partial charge on any atom is -0.327 e. The number of nitrogens with two attached hydrogens (primary N) is 1. The predicted octanol–water partition coefficient (Wildman–Crippen LogP) is 4.75. The molecule has 1 heteroatoms. The summed E-state index contributed by atoms with van der Waals surface area (Å²) in [6, 6.07) is 0.499. The van der Waals surface area contributed by atoms with Crippen molar-refractivity contribution in [2.75, 3.05) is 0 Å². The molecule has 0 aromatic rings. The molecule has 1 nitrogen and oxygen atoms in total. The van der Waals surface area contributed by atoms with Gasteiger partial charge < -0.3 is 5.73 Å². The number of rotatable bonds is 5. The molecule has 0 aromatic carbocycles. The number of hydrogen-bond acceptors (Lipinski definition) is 1. The second kappa shape index (κ2) is 6.93. The number of hydrogen-bond donors (Lipinski definition) is 1. The van der Waals surface area contributed by atoms with Gasteiger partial charge in [0.05, 0.1) is 0 Å². The Kier molecular flexibility index (Phi) is 5.54. The average molecular weight is 251 g/mol. The highest BCUT2D eigenvalue weighted by molar-refractivity contribution is 4.82. The van der Waals surface area contributed by atoms with Crippen molar-refractivity contribution in [3.63, 3.8) is 0 Å². The van der Waals surface area contributed by atoms with Gasteiger partial charge in [0.2, 0.25) is 0 Å². The summed E-state index contributed by atoms with van der Waals surface area (Å²) in [4.78, 5) is 0. The maximum absolute atomic E-state index is 6.45. The van der Waals surface area contributed by atoms with Gasteiger partial charge in [0.1, 0.15) is 0 Å². The molecule has 0 amide bonds. The molecule has 0 radical (unpaired) electrons. The molecule has 2 fully saturated rings. The first-order chi connectivity index (χ1) is 8.66. The average Bonchev–Trinajstić information content (AvgIpc) is 2.89. The molecule has 18 heavy (non-hydrogen) atoms. The van der Waals surface area contributed by atoms with E-state index in [2.05, 4.69) is 13.8 Å². The van der Waals surface area contributed by atoms with Crippen LogP contribution in [-0.2, 0) is 0 Å². The molecular weight excluding hydrogens is 218 g/mol. The lowest BCUT2D eigenvalue weighted by Gasteiger charge is -2.34. The molecule has 2 aliphatic carbocycles. The minimum absolute atomic E-state index is 0.499. The van der Waals surface area contributed by atoms with Crippen molar-refractivity contribution in [2.45, 2.75) is 84.1 Å². The Bertz CT molecular complexity index is 222. The molecule has 2 saturated carbocycles. The van der Waals surface area contributed by atoms with Gasteiger partial charge in [-0.1, -0.05) is 39.5 Å². The van der Waals surface area contributed by atoms with E-state index in [9.17, 15) is 0 Å².